The van der Waals surface area contributed by atoms with Gasteiger partial charge in [0.1, 0.15) is 0 Å². The molecule has 1 aromatic carbocycles. The first-order valence-electron chi connectivity index (χ1n) is 7.37. The number of piperidine rings is 1. The molecule has 0 radical (unpaired) electrons. The average Bonchev–Trinajstić information content (AvgIpc) is 2.63. The first-order valence-corrected chi connectivity index (χ1v) is 7.37. The van der Waals surface area contributed by atoms with Crippen molar-refractivity contribution < 1.29 is 4.79 Å². The summed E-state index contributed by atoms with van der Waals surface area (Å²) in [6, 6.07) is 11.1. The minimum absolute atomic E-state index is 0.248. The van der Waals surface area contributed by atoms with Gasteiger partial charge in [0.15, 0.2) is 0 Å². The monoisotopic (exact) mass is 258 g/mol. The zero-order valence-electron chi connectivity index (χ0n) is 11.3. The summed E-state index contributed by atoms with van der Waals surface area (Å²) in [5.41, 5.74) is 1.39. The lowest BCUT2D eigenvalue weighted by molar-refractivity contribution is -0.124. The lowest BCUT2D eigenvalue weighted by Gasteiger charge is -2.30. The van der Waals surface area contributed by atoms with Crippen molar-refractivity contribution in [1.29, 1.82) is 0 Å². The van der Waals surface area contributed by atoms with E-state index in [1.165, 1.54) is 12.0 Å². The molecule has 2 heterocycles. The van der Waals surface area contributed by atoms with Gasteiger partial charge < -0.3 is 5.32 Å². The highest BCUT2D eigenvalue weighted by Gasteiger charge is 2.31. The molecule has 2 saturated heterocycles. The van der Waals surface area contributed by atoms with Crippen LogP contribution in [0.4, 0.5) is 0 Å². The predicted octanol–water partition coefficient (Wildman–Crippen LogP) is 2.18. The van der Waals surface area contributed by atoms with Gasteiger partial charge in [0.05, 0.1) is 0 Å². The fourth-order valence-electron chi connectivity index (χ4n) is 3.35. The molecule has 102 valence electrons. The van der Waals surface area contributed by atoms with E-state index in [9.17, 15) is 4.79 Å². The minimum Gasteiger partial charge on any atom is -0.353 e. The third-order valence-electron chi connectivity index (χ3n) is 4.48. The van der Waals surface area contributed by atoms with E-state index in [0.29, 0.717) is 12.0 Å². The fraction of sp³-hybridized carbons (Fsp3) is 0.562. The summed E-state index contributed by atoms with van der Waals surface area (Å²) in [7, 11) is 0. The Kier molecular flexibility index (Phi) is 3.83. The molecule has 0 bridgehead atoms. The van der Waals surface area contributed by atoms with Gasteiger partial charge in [-0.1, -0.05) is 30.3 Å². The van der Waals surface area contributed by atoms with Crippen molar-refractivity contribution in [2.24, 2.45) is 5.92 Å². The Hall–Kier alpha value is -1.35. The summed E-state index contributed by atoms with van der Waals surface area (Å²) in [6.45, 7) is 3.29. The maximum Gasteiger partial charge on any atom is 0.220 e. The fourth-order valence-corrected chi connectivity index (χ4v) is 3.35. The third kappa shape index (κ3) is 3.16. The summed E-state index contributed by atoms with van der Waals surface area (Å²) in [5.74, 6) is 0.941. The molecule has 2 unspecified atom stereocenters. The smallest absolute Gasteiger partial charge is 0.220 e. The Morgan fingerprint density at radius 1 is 1.11 bits per heavy atom. The SMILES string of the molecule is O=C1CCC2CCN(Cc3ccccc3)CCC2N1. The van der Waals surface area contributed by atoms with Crippen LogP contribution >= 0.6 is 0 Å². The molecule has 19 heavy (non-hydrogen) atoms. The summed E-state index contributed by atoms with van der Waals surface area (Å²) in [4.78, 5) is 14.0. The molecule has 3 nitrogen and oxygen atoms in total. The Labute approximate surface area is 115 Å². The van der Waals surface area contributed by atoms with Crippen LogP contribution in [0.15, 0.2) is 30.3 Å². The number of amides is 1. The van der Waals surface area contributed by atoms with Crippen LogP contribution in [0.3, 0.4) is 0 Å². The molecule has 2 fully saturated rings. The van der Waals surface area contributed by atoms with Crippen LogP contribution in [0.1, 0.15) is 31.2 Å². The number of rotatable bonds is 2. The second kappa shape index (κ2) is 5.74. The average molecular weight is 258 g/mol. The second-order valence-corrected chi connectivity index (χ2v) is 5.81. The van der Waals surface area contributed by atoms with Crippen molar-refractivity contribution in [1.82, 2.24) is 10.2 Å². The number of nitrogens with one attached hydrogen (secondary N) is 1. The molecule has 2 aliphatic heterocycles. The highest BCUT2D eigenvalue weighted by Crippen LogP contribution is 2.26. The van der Waals surface area contributed by atoms with E-state index < -0.39 is 0 Å². The number of hydrogen-bond acceptors (Lipinski definition) is 2. The first-order chi connectivity index (χ1) is 9.31. The van der Waals surface area contributed by atoms with E-state index in [4.69, 9.17) is 0 Å². The largest absolute Gasteiger partial charge is 0.353 e. The molecule has 1 aromatic rings. The summed E-state index contributed by atoms with van der Waals surface area (Å²) >= 11 is 0. The van der Waals surface area contributed by atoms with E-state index in [1.807, 2.05) is 0 Å². The van der Waals surface area contributed by atoms with Gasteiger partial charge in [-0.25, -0.2) is 0 Å². The van der Waals surface area contributed by atoms with Crippen molar-refractivity contribution >= 4 is 5.91 Å². The molecule has 0 spiro atoms. The van der Waals surface area contributed by atoms with Crippen molar-refractivity contribution in [2.75, 3.05) is 13.1 Å². The number of nitrogens with zero attached hydrogens (tertiary/aromatic N) is 1. The molecule has 0 aromatic heterocycles. The number of fused-ring (bicyclic) bond motifs is 1. The Bertz CT molecular complexity index is 432. The lowest BCUT2D eigenvalue weighted by atomic mass is 9.87. The van der Waals surface area contributed by atoms with Crippen LogP contribution in [0.25, 0.3) is 0 Å². The Balaban J connectivity index is 1.60. The highest BCUT2D eigenvalue weighted by atomic mass is 16.1. The van der Waals surface area contributed by atoms with Crippen LogP contribution < -0.4 is 5.32 Å². The molecule has 0 saturated carbocycles. The maximum absolute atomic E-state index is 11.5. The summed E-state index contributed by atoms with van der Waals surface area (Å²) < 4.78 is 0. The summed E-state index contributed by atoms with van der Waals surface area (Å²) in [5, 5.41) is 3.18. The minimum atomic E-state index is 0.248. The molecule has 3 rings (SSSR count). The predicted molar refractivity (Wildman–Crippen MR) is 75.6 cm³/mol. The second-order valence-electron chi connectivity index (χ2n) is 5.81. The molecular formula is C16H22N2O. The van der Waals surface area contributed by atoms with Gasteiger partial charge in [-0.15, -0.1) is 0 Å². The molecule has 1 N–H and O–H groups in total. The van der Waals surface area contributed by atoms with E-state index in [1.54, 1.807) is 0 Å². The normalized spacial score (nSPS) is 28.3. The Morgan fingerprint density at radius 2 is 1.89 bits per heavy atom. The zero-order valence-corrected chi connectivity index (χ0v) is 11.3. The van der Waals surface area contributed by atoms with E-state index >= 15 is 0 Å². The number of carbonyl (C=O) groups is 1. The van der Waals surface area contributed by atoms with Crippen molar-refractivity contribution in [2.45, 2.75) is 38.3 Å². The number of carbonyl (C=O) groups excluding carboxylic acids is 1. The molecule has 2 atom stereocenters. The quantitative estimate of drug-likeness (QED) is 0.882. The van der Waals surface area contributed by atoms with Crippen LogP contribution in [0, 0.1) is 5.92 Å². The van der Waals surface area contributed by atoms with Crippen LogP contribution in [0.5, 0.6) is 0 Å². The Morgan fingerprint density at radius 3 is 2.74 bits per heavy atom. The zero-order chi connectivity index (χ0) is 13.1. The van der Waals surface area contributed by atoms with Gasteiger partial charge in [-0.05, 0) is 37.3 Å². The molecule has 1 amide bonds. The van der Waals surface area contributed by atoms with Crippen molar-refractivity contribution in [3.8, 4) is 0 Å². The molecular weight excluding hydrogens is 236 g/mol. The standard InChI is InChI=1S/C16H22N2O/c19-16-7-6-14-8-10-18(11-9-15(14)17-16)12-13-4-2-1-3-5-13/h1-5,14-15H,6-12H2,(H,17,19). The van der Waals surface area contributed by atoms with Crippen molar-refractivity contribution in [3.05, 3.63) is 35.9 Å². The molecule has 0 aliphatic carbocycles. The van der Waals surface area contributed by atoms with Crippen molar-refractivity contribution in [3.63, 3.8) is 0 Å². The first kappa shape index (κ1) is 12.7. The highest BCUT2D eigenvalue weighted by molar-refractivity contribution is 5.77. The van der Waals surface area contributed by atoms with E-state index in [-0.39, 0.29) is 5.91 Å². The van der Waals surface area contributed by atoms with E-state index in [0.717, 1.165) is 38.9 Å². The van der Waals surface area contributed by atoms with Crippen LogP contribution in [0.2, 0.25) is 0 Å². The van der Waals surface area contributed by atoms with Gasteiger partial charge in [0, 0.05) is 25.6 Å². The topological polar surface area (TPSA) is 32.3 Å². The van der Waals surface area contributed by atoms with Gasteiger partial charge >= 0.3 is 0 Å². The maximum atomic E-state index is 11.5. The molecule has 2 aliphatic rings. The van der Waals surface area contributed by atoms with Crippen LogP contribution in [-0.4, -0.2) is 29.9 Å². The third-order valence-corrected chi connectivity index (χ3v) is 4.48. The number of likely N-dealkylation sites (tertiary alicyclic amines) is 1. The van der Waals surface area contributed by atoms with Gasteiger partial charge in [0.2, 0.25) is 5.91 Å². The molecule has 3 heteroatoms. The van der Waals surface area contributed by atoms with Gasteiger partial charge in [0.25, 0.3) is 0 Å². The number of benzene rings is 1. The van der Waals surface area contributed by atoms with Gasteiger partial charge in [-0.2, -0.15) is 0 Å². The van der Waals surface area contributed by atoms with Crippen LogP contribution in [-0.2, 0) is 11.3 Å². The summed E-state index contributed by atoms with van der Waals surface area (Å²) in [6.07, 6.45) is 4.12. The van der Waals surface area contributed by atoms with Gasteiger partial charge in [-0.3, -0.25) is 9.69 Å². The lowest BCUT2D eigenvalue weighted by Crippen LogP contribution is -2.44. The van der Waals surface area contributed by atoms with E-state index in [2.05, 4.69) is 40.5 Å². The number of hydrogen-bond donors (Lipinski definition) is 1.